The number of hydrogen-bond donors (Lipinski definition) is 1. The van der Waals surface area contributed by atoms with E-state index in [9.17, 15) is 14.0 Å². The van der Waals surface area contributed by atoms with E-state index in [-0.39, 0.29) is 22.5 Å². The number of hydrogen-bond acceptors (Lipinski definition) is 3. The summed E-state index contributed by atoms with van der Waals surface area (Å²) >= 11 is 12.0. The third kappa shape index (κ3) is 4.39. The molecule has 2 aromatic carbocycles. The number of benzene rings is 2. The summed E-state index contributed by atoms with van der Waals surface area (Å²) in [5, 5.41) is 3.47. The normalized spacial score (nSPS) is 14.6. The van der Waals surface area contributed by atoms with Gasteiger partial charge in [0.05, 0.1) is 23.3 Å². The molecule has 0 atom stereocenters. The molecule has 0 bridgehead atoms. The van der Waals surface area contributed by atoms with Crippen LogP contribution in [0.3, 0.4) is 0 Å². The number of nitrogens with zero attached hydrogens (tertiary/aromatic N) is 1. The number of piperidine rings is 1. The Kier molecular flexibility index (Phi) is 6.42. The summed E-state index contributed by atoms with van der Waals surface area (Å²) in [6.07, 6.45) is 1.10. The van der Waals surface area contributed by atoms with Crippen LogP contribution < -0.4 is 10.1 Å². The van der Waals surface area contributed by atoms with Gasteiger partial charge in [0.2, 0.25) is 0 Å². The Bertz CT molecular complexity index is 879. The summed E-state index contributed by atoms with van der Waals surface area (Å²) in [6.45, 7) is 0.780. The Hall–Kier alpha value is -2.31. The fourth-order valence-electron chi connectivity index (χ4n) is 3.21. The molecule has 3 rings (SSSR count). The minimum Gasteiger partial charge on any atom is -0.496 e. The Labute approximate surface area is 172 Å². The van der Waals surface area contributed by atoms with Gasteiger partial charge in [0.1, 0.15) is 11.6 Å². The van der Waals surface area contributed by atoms with Crippen LogP contribution in [0.25, 0.3) is 0 Å². The highest BCUT2D eigenvalue weighted by molar-refractivity contribution is 6.33. The second kappa shape index (κ2) is 8.80. The van der Waals surface area contributed by atoms with Crippen molar-refractivity contribution in [2.75, 3.05) is 20.2 Å². The number of methoxy groups -OCH3 is 1. The van der Waals surface area contributed by atoms with Gasteiger partial charge in [0.25, 0.3) is 11.8 Å². The highest BCUT2D eigenvalue weighted by atomic mass is 35.5. The van der Waals surface area contributed by atoms with E-state index in [0.29, 0.717) is 42.3 Å². The molecule has 1 N–H and O–H groups in total. The van der Waals surface area contributed by atoms with Crippen LogP contribution >= 0.6 is 23.2 Å². The van der Waals surface area contributed by atoms with Crippen molar-refractivity contribution in [3.63, 3.8) is 0 Å². The number of nitrogens with one attached hydrogen (secondary N) is 1. The van der Waals surface area contributed by atoms with Crippen LogP contribution in [0.1, 0.15) is 33.6 Å². The molecule has 8 heteroatoms. The smallest absolute Gasteiger partial charge is 0.258 e. The second-order valence-electron chi connectivity index (χ2n) is 6.48. The zero-order valence-corrected chi connectivity index (χ0v) is 16.7. The van der Waals surface area contributed by atoms with Crippen molar-refractivity contribution >= 4 is 35.0 Å². The number of likely N-dealkylation sites (tertiary alicyclic amines) is 1. The lowest BCUT2D eigenvalue weighted by Gasteiger charge is -2.32. The minimum atomic E-state index is -0.638. The van der Waals surface area contributed by atoms with Crippen molar-refractivity contribution in [2.24, 2.45) is 0 Å². The summed E-state index contributed by atoms with van der Waals surface area (Å²) in [4.78, 5) is 26.7. The molecule has 0 spiro atoms. The van der Waals surface area contributed by atoms with Crippen molar-refractivity contribution in [1.82, 2.24) is 10.2 Å². The van der Waals surface area contributed by atoms with E-state index < -0.39 is 11.7 Å². The van der Waals surface area contributed by atoms with Crippen LogP contribution in [-0.4, -0.2) is 43.0 Å². The monoisotopic (exact) mass is 424 g/mol. The molecule has 148 valence electrons. The van der Waals surface area contributed by atoms with Gasteiger partial charge in [-0.25, -0.2) is 4.39 Å². The molecule has 28 heavy (non-hydrogen) atoms. The summed E-state index contributed by atoms with van der Waals surface area (Å²) in [5.74, 6) is -0.935. The van der Waals surface area contributed by atoms with E-state index in [1.807, 2.05) is 0 Å². The fourth-order valence-corrected chi connectivity index (χ4v) is 3.62. The van der Waals surface area contributed by atoms with Gasteiger partial charge in [-0.15, -0.1) is 0 Å². The quantitative estimate of drug-likeness (QED) is 0.800. The van der Waals surface area contributed by atoms with E-state index in [0.717, 1.165) is 0 Å². The average Bonchev–Trinajstić information content (AvgIpc) is 2.68. The number of rotatable bonds is 4. The maximum absolute atomic E-state index is 14.0. The van der Waals surface area contributed by atoms with E-state index in [1.54, 1.807) is 23.1 Å². The molecule has 1 aliphatic rings. The maximum Gasteiger partial charge on any atom is 0.258 e. The lowest BCUT2D eigenvalue weighted by Crippen LogP contribution is -2.46. The molecule has 0 saturated carbocycles. The van der Waals surface area contributed by atoms with Gasteiger partial charge in [-0.2, -0.15) is 0 Å². The summed E-state index contributed by atoms with van der Waals surface area (Å²) < 4.78 is 19.2. The third-order valence-electron chi connectivity index (χ3n) is 4.70. The molecular weight excluding hydrogens is 406 g/mol. The highest BCUT2D eigenvalue weighted by Gasteiger charge is 2.28. The van der Waals surface area contributed by atoms with E-state index in [4.69, 9.17) is 27.9 Å². The molecule has 2 amide bonds. The molecule has 1 fully saturated rings. The largest absolute Gasteiger partial charge is 0.496 e. The standard InChI is InChI=1S/C20H19Cl2FN2O3/c1-28-17-6-5-12(21)11-14(17)19(26)24-13-7-9-25(10-8-13)20(27)18-15(22)3-2-4-16(18)23/h2-6,11,13H,7-10H2,1H3,(H,24,26). The van der Waals surface area contributed by atoms with Crippen LogP contribution in [0.15, 0.2) is 36.4 Å². The lowest BCUT2D eigenvalue weighted by molar-refractivity contribution is 0.0693. The Morgan fingerprint density at radius 1 is 1.18 bits per heavy atom. The summed E-state index contributed by atoms with van der Waals surface area (Å²) in [7, 11) is 1.48. The molecule has 0 aliphatic carbocycles. The first-order valence-corrected chi connectivity index (χ1v) is 9.54. The lowest BCUT2D eigenvalue weighted by atomic mass is 10.0. The van der Waals surface area contributed by atoms with Gasteiger partial charge in [-0.1, -0.05) is 29.3 Å². The van der Waals surface area contributed by atoms with Crippen LogP contribution in [0, 0.1) is 5.82 Å². The third-order valence-corrected chi connectivity index (χ3v) is 5.25. The summed E-state index contributed by atoms with van der Waals surface area (Å²) in [6, 6.07) is 8.88. The number of carbonyl (C=O) groups excluding carboxylic acids is 2. The SMILES string of the molecule is COc1ccc(Cl)cc1C(=O)NC1CCN(C(=O)c2c(F)cccc2Cl)CC1. The van der Waals surface area contributed by atoms with Gasteiger partial charge in [-0.3, -0.25) is 9.59 Å². The van der Waals surface area contributed by atoms with Crippen molar-refractivity contribution in [3.8, 4) is 5.75 Å². The summed E-state index contributed by atoms with van der Waals surface area (Å²) in [5.41, 5.74) is 0.238. The van der Waals surface area contributed by atoms with Crippen LogP contribution in [0.4, 0.5) is 4.39 Å². The van der Waals surface area contributed by atoms with Gasteiger partial charge in [0.15, 0.2) is 0 Å². The minimum absolute atomic E-state index is 0.0912. The van der Waals surface area contributed by atoms with Crippen LogP contribution in [-0.2, 0) is 0 Å². The average molecular weight is 425 g/mol. The van der Waals surface area contributed by atoms with Crippen molar-refractivity contribution < 1.29 is 18.7 Å². The predicted molar refractivity (Wildman–Crippen MR) is 106 cm³/mol. The fraction of sp³-hybridized carbons (Fsp3) is 0.300. The van der Waals surface area contributed by atoms with Crippen LogP contribution in [0.5, 0.6) is 5.75 Å². The van der Waals surface area contributed by atoms with Gasteiger partial charge in [-0.05, 0) is 43.2 Å². The first-order valence-electron chi connectivity index (χ1n) is 8.78. The topological polar surface area (TPSA) is 58.6 Å². The molecule has 2 aromatic rings. The highest BCUT2D eigenvalue weighted by Crippen LogP contribution is 2.25. The van der Waals surface area contributed by atoms with Gasteiger partial charge in [0, 0.05) is 24.2 Å². The molecule has 1 saturated heterocycles. The first kappa shape index (κ1) is 20.4. The van der Waals surface area contributed by atoms with Gasteiger partial charge >= 0.3 is 0 Å². The molecule has 1 aliphatic heterocycles. The zero-order chi connectivity index (χ0) is 20.3. The van der Waals surface area contributed by atoms with Crippen molar-refractivity contribution in [3.05, 3.63) is 63.4 Å². The van der Waals surface area contributed by atoms with Crippen molar-refractivity contribution in [1.29, 1.82) is 0 Å². The number of halogens is 3. The molecule has 1 heterocycles. The molecule has 5 nitrogen and oxygen atoms in total. The number of carbonyl (C=O) groups is 2. The molecular formula is C20H19Cl2FN2O3. The first-order chi connectivity index (χ1) is 13.4. The van der Waals surface area contributed by atoms with E-state index >= 15 is 0 Å². The van der Waals surface area contributed by atoms with E-state index in [2.05, 4.69) is 5.32 Å². The Balaban J connectivity index is 1.62. The zero-order valence-electron chi connectivity index (χ0n) is 15.2. The van der Waals surface area contributed by atoms with Crippen molar-refractivity contribution in [2.45, 2.75) is 18.9 Å². The second-order valence-corrected chi connectivity index (χ2v) is 7.32. The molecule has 0 radical (unpaired) electrons. The molecule has 0 unspecified atom stereocenters. The van der Waals surface area contributed by atoms with E-state index in [1.165, 1.54) is 25.3 Å². The predicted octanol–water partition coefficient (Wildman–Crippen LogP) is 4.18. The molecule has 0 aromatic heterocycles. The van der Waals surface area contributed by atoms with Crippen LogP contribution in [0.2, 0.25) is 10.0 Å². The maximum atomic E-state index is 14.0. The Morgan fingerprint density at radius 2 is 1.89 bits per heavy atom. The number of amides is 2. The van der Waals surface area contributed by atoms with Gasteiger partial charge < -0.3 is 15.0 Å². The number of ether oxygens (including phenoxy) is 1. The Morgan fingerprint density at radius 3 is 2.54 bits per heavy atom.